The predicted octanol–water partition coefficient (Wildman–Crippen LogP) is 3.08. The third kappa shape index (κ3) is 8.36. The molecule has 3 rings (SSSR count). The van der Waals surface area contributed by atoms with Crippen LogP contribution in [0, 0.1) is 0 Å². The van der Waals surface area contributed by atoms with Gasteiger partial charge in [0.2, 0.25) is 0 Å². The number of nitrogens with zero attached hydrogens (tertiary/aromatic N) is 3. The van der Waals surface area contributed by atoms with Crippen molar-refractivity contribution in [3.05, 3.63) is 59.9 Å². The van der Waals surface area contributed by atoms with E-state index in [4.69, 9.17) is 9.73 Å². The molecule has 2 N–H and O–H groups in total. The third-order valence-electron chi connectivity index (χ3n) is 4.82. The van der Waals surface area contributed by atoms with Crippen molar-refractivity contribution in [2.45, 2.75) is 39.6 Å². The summed E-state index contributed by atoms with van der Waals surface area (Å²) in [6, 6.07) is 12.9. The van der Waals surface area contributed by atoms with E-state index in [9.17, 15) is 0 Å². The summed E-state index contributed by atoms with van der Waals surface area (Å²) in [5.41, 5.74) is 2.58. The molecule has 0 spiro atoms. The van der Waals surface area contributed by atoms with E-state index in [1.54, 1.807) is 0 Å². The molecule has 1 aromatic carbocycles. The average molecular weight is 511 g/mol. The lowest BCUT2D eigenvalue weighted by atomic mass is 10.1. The highest BCUT2D eigenvalue weighted by Gasteiger charge is 2.16. The topological polar surface area (TPSA) is 53.8 Å². The largest absolute Gasteiger partial charge is 0.376 e. The first-order chi connectivity index (χ1) is 13.7. The molecule has 7 heteroatoms. The highest BCUT2D eigenvalue weighted by molar-refractivity contribution is 14.0. The van der Waals surface area contributed by atoms with Gasteiger partial charge in [-0.25, -0.2) is 4.99 Å². The van der Waals surface area contributed by atoms with E-state index in [0.29, 0.717) is 12.6 Å². The van der Waals surface area contributed by atoms with Crippen LogP contribution >= 0.6 is 24.0 Å². The van der Waals surface area contributed by atoms with E-state index < -0.39 is 0 Å². The smallest absolute Gasteiger partial charge is 0.191 e. The maximum atomic E-state index is 5.64. The Labute approximate surface area is 191 Å². The van der Waals surface area contributed by atoms with Crippen LogP contribution in [0.3, 0.4) is 0 Å². The maximum Gasteiger partial charge on any atom is 0.191 e. The lowest BCUT2D eigenvalue weighted by molar-refractivity contribution is -0.0212. The first kappa shape index (κ1) is 23.7. The van der Waals surface area contributed by atoms with Crippen molar-refractivity contribution >= 4 is 29.9 Å². The Morgan fingerprint density at radius 2 is 1.97 bits per heavy atom. The zero-order valence-corrected chi connectivity index (χ0v) is 19.8. The van der Waals surface area contributed by atoms with E-state index >= 15 is 0 Å². The van der Waals surface area contributed by atoms with Gasteiger partial charge in [-0.15, -0.1) is 24.0 Å². The molecule has 0 aliphatic carbocycles. The lowest BCUT2D eigenvalue weighted by Crippen LogP contribution is -2.40. The number of rotatable bonds is 8. The van der Waals surface area contributed by atoms with E-state index in [1.807, 2.05) is 12.1 Å². The molecule has 0 radical (unpaired) electrons. The van der Waals surface area contributed by atoms with Gasteiger partial charge in [-0.05, 0) is 37.1 Å². The van der Waals surface area contributed by atoms with Crippen molar-refractivity contribution in [1.29, 1.82) is 0 Å². The van der Waals surface area contributed by atoms with Crippen molar-refractivity contribution in [3.8, 4) is 0 Å². The van der Waals surface area contributed by atoms with E-state index in [2.05, 4.69) is 70.6 Å². The average Bonchev–Trinajstić information content (AvgIpc) is 3.20. The highest BCUT2D eigenvalue weighted by atomic mass is 127. The number of nitrogens with one attached hydrogen (secondary N) is 2. The lowest BCUT2D eigenvalue weighted by Gasteiger charge is -2.31. The summed E-state index contributed by atoms with van der Waals surface area (Å²) < 4.78 is 7.80. The molecule has 6 nitrogen and oxygen atoms in total. The second-order valence-electron chi connectivity index (χ2n) is 7.28. The van der Waals surface area contributed by atoms with Gasteiger partial charge in [0.25, 0.3) is 0 Å². The first-order valence-electron chi connectivity index (χ1n) is 10.3. The fourth-order valence-electron chi connectivity index (χ4n) is 3.45. The first-order valence-corrected chi connectivity index (χ1v) is 10.3. The molecule has 1 aliphatic heterocycles. The molecule has 2 heterocycles. The quantitative estimate of drug-likeness (QED) is 0.325. The van der Waals surface area contributed by atoms with Crippen molar-refractivity contribution in [2.24, 2.45) is 4.99 Å². The number of benzene rings is 1. The number of ether oxygens (including phenoxy) is 1. The predicted molar refractivity (Wildman–Crippen MR) is 130 cm³/mol. The van der Waals surface area contributed by atoms with Crippen molar-refractivity contribution in [1.82, 2.24) is 20.1 Å². The Bertz CT molecular complexity index is 735. The monoisotopic (exact) mass is 511 g/mol. The molecule has 1 unspecified atom stereocenters. The van der Waals surface area contributed by atoms with Gasteiger partial charge in [-0.3, -0.25) is 4.90 Å². The second kappa shape index (κ2) is 12.9. The zero-order chi connectivity index (χ0) is 19.6. The van der Waals surface area contributed by atoms with E-state index in [-0.39, 0.29) is 24.0 Å². The van der Waals surface area contributed by atoms with Gasteiger partial charge in [-0.2, -0.15) is 0 Å². The molecular formula is C22H34IN5O. The third-order valence-corrected chi connectivity index (χ3v) is 4.82. The zero-order valence-electron chi connectivity index (χ0n) is 17.5. The molecule has 160 valence electrons. The Hall–Kier alpha value is -1.58. The highest BCUT2D eigenvalue weighted by Crippen LogP contribution is 2.12. The summed E-state index contributed by atoms with van der Waals surface area (Å²) in [6.45, 7) is 11.3. The molecule has 0 saturated carbocycles. The maximum absolute atomic E-state index is 5.64. The molecule has 1 aromatic heterocycles. The Morgan fingerprint density at radius 3 is 2.72 bits per heavy atom. The van der Waals surface area contributed by atoms with Crippen LogP contribution in [0.5, 0.6) is 0 Å². The van der Waals surface area contributed by atoms with Gasteiger partial charge in [0.1, 0.15) is 0 Å². The van der Waals surface area contributed by atoms with Gasteiger partial charge < -0.3 is 19.9 Å². The fraction of sp³-hybridized carbons (Fsp3) is 0.500. The molecule has 1 fully saturated rings. The normalized spacial score (nSPS) is 17.6. The standard InChI is InChI=1S/C22H33N5O.HI/c1-3-23-22(24-9-12-26-10-4-5-11-26)25-16-20-7-6-8-21(15-20)18-27-13-14-28-19(2)17-27;/h4-8,10-11,15,19H,3,9,12-14,16-18H2,1-2H3,(H2,23,24,25);1H. The van der Waals surface area contributed by atoms with Crippen molar-refractivity contribution in [2.75, 3.05) is 32.8 Å². The Balaban J connectivity index is 0.00000300. The Morgan fingerprint density at radius 1 is 1.17 bits per heavy atom. The molecule has 1 saturated heterocycles. The summed E-state index contributed by atoms with van der Waals surface area (Å²) in [5.74, 6) is 0.863. The van der Waals surface area contributed by atoms with Gasteiger partial charge in [0.05, 0.1) is 19.3 Å². The number of hydrogen-bond acceptors (Lipinski definition) is 3. The van der Waals surface area contributed by atoms with Gasteiger partial charge in [-0.1, -0.05) is 24.3 Å². The minimum Gasteiger partial charge on any atom is -0.376 e. The van der Waals surface area contributed by atoms with Crippen LogP contribution in [0.4, 0.5) is 0 Å². The molecule has 1 atom stereocenters. The van der Waals surface area contributed by atoms with Crippen LogP contribution < -0.4 is 10.6 Å². The fourth-order valence-corrected chi connectivity index (χ4v) is 3.45. The summed E-state index contributed by atoms with van der Waals surface area (Å²) in [5, 5.41) is 6.74. The van der Waals surface area contributed by atoms with Gasteiger partial charge in [0, 0.05) is 51.7 Å². The van der Waals surface area contributed by atoms with Crippen LogP contribution in [0.1, 0.15) is 25.0 Å². The van der Waals surface area contributed by atoms with Crippen LogP contribution in [-0.2, 0) is 24.4 Å². The summed E-state index contributed by atoms with van der Waals surface area (Å²) in [7, 11) is 0. The second-order valence-corrected chi connectivity index (χ2v) is 7.28. The van der Waals surface area contributed by atoms with Gasteiger partial charge in [0.15, 0.2) is 5.96 Å². The number of morpholine rings is 1. The molecule has 0 bridgehead atoms. The number of aliphatic imine (C=N–C) groups is 1. The van der Waals surface area contributed by atoms with Crippen LogP contribution in [0.2, 0.25) is 0 Å². The van der Waals surface area contributed by atoms with Gasteiger partial charge >= 0.3 is 0 Å². The molecule has 0 amide bonds. The van der Waals surface area contributed by atoms with E-state index in [1.165, 1.54) is 11.1 Å². The molecule has 2 aromatic rings. The summed E-state index contributed by atoms with van der Waals surface area (Å²) in [6.07, 6.45) is 4.47. The van der Waals surface area contributed by atoms with E-state index in [0.717, 1.165) is 51.8 Å². The van der Waals surface area contributed by atoms with Crippen LogP contribution in [0.15, 0.2) is 53.8 Å². The number of guanidine groups is 1. The number of halogens is 1. The van der Waals surface area contributed by atoms with Crippen molar-refractivity contribution in [3.63, 3.8) is 0 Å². The number of aromatic nitrogens is 1. The number of hydrogen-bond donors (Lipinski definition) is 2. The SMILES string of the molecule is CCNC(=NCc1cccc(CN2CCOC(C)C2)c1)NCCn1cccc1.I. The molecule has 1 aliphatic rings. The minimum absolute atomic E-state index is 0. The van der Waals surface area contributed by atoms with Crippen LogP contribution in [-0.4, -0.2) is 54.3 Å². The molecule has 29 heavy (non-hydrogen) atoms. The minimum atomic E-state index is 0. The summed E-state index contributed by atoms with van der Waals surface area (Å²) >= 11 is 0. The van der Waals surface area contributed by atoms with Crippen LogP contribution in [0.25, 0.3) is 0 Å². The molecular weight excluding hydrogens is 477 g/mol. The summed E-state index contributed by atoms with van der Waals surface area (Å²) in [4.78, 5) is 7.22. The van der Waals surface area contributed by atoms with Crippen molar-refractivity contribution < 1.29 is 4.74 Å². The Kier molecular flexibility index (Phi) is 10.5.